The van der Waals surface area contributed by atoms with Crippen LogP contribution in [0.25, 0.3) is 0 Å². The first kappa shape index (κ1) is 12.5. The van der Waals surface area contributed by atoms with Crippen molar-refractivity contribution in [3.8, 4) is 0 Å². The van der Waals surface area contributed by atoms with E-state index in [1.165, 1.54) is 0 Å². The van der Waals surface area contributed by atoms with Crippen LogP contribution in [0.1, 0.15) is 36.7 Å². The Kier molecular flexibility index (Phi) is 3.20. The Morgan fingerprint density at radius 3 is 2.59 bits per heavy atom. The molecule has 0 saturated heterocycles. The molecule has 1 saturated carbocycles. The summed E-state index contributed by atoms with van der Waals surface area (Å²) in [6.07, 6.45) is -3.36. The average molecular weight is 309 g/mol. The minimum Gasteiger partial charge on any atom is -0.300 e. The minimum absolute atomic E-state index is 0.0483. The Morgan fingerprint density at radius 1 is 1.35 bits per heavy atom. The molecule has 0 aliphatic heterocycles. The number of aromatic nitrogens is 2. The number of alkyl halides is 3. The molecule has 1 aromatic rings. The Morgan fingerprint density at radius 2 is 2.06 bits per heavy atom. The first-order valence-corrected chi connectivity index (χ1v) is 5.79. The second-order valence-electron chi connectivity index (χ2n) is 3.91. The van der Waals surface area contributed by atoms with Crippen LogP contribution < -0.4 is 0 Å². The largest absolute Gasteiger partial charge is 0.433 e. The summed E-state index contributed by atoms with van der Waals surface area (Å²) in [5.41, 5.74) is -0.978. The number of nitrogens with zero attached hydrogens (tertiary/aromatic N) is 2. The van der Waals surface area contributed by atoms with Crippen molar-refractivity contribution in [1.82, 2.24) is 9.97 Å². The summed E-state index contributed by atoms with van der Waals surface area (Å²) in [5, 5.41) is 0. The molecular weight excluding hydrogens is 301 g/mol. The molecule has 17 heavy (non-hydrogen) atoms. The fourth-order valence-corrected chi connectivity index (χ4v) is 2.20. The SMILES string of the molecule is O=C1CC[C@H](c2nc(Br)cc(C(F)(F)F)n2)C1. The normalized spacial score (nSPS) is 20.9. The molecule has 92 valence electrons. The van der Waals surface area contributed by atoms with E-state index in [1.807, 2.05) is 0 Å². The van der Waals surface area contributed by atoms with E-state index < -0.39 is 11.9 Å². The number of rotatable bonds is 1. The van der Waals surface area contributed by atoms with Crippen molar-refractivity contribution in [2.75, 3.05) is 0 Å². The van der Waals surface area contributed by atoms with Crippen molar-refractivity contribution >= 4 is 21.7 Å². The Bertz CT molecular complexity index is 461. The molecule has 0 bridgehead atoms. The van der Waals surface area contributed by atoms with Crippen LogP contribution in [0.4, 0.5) is 13.2 Å². The summed E-state index contributed by atoms with van der Waals surface area (Å²) in [6, 6.07) is 0.834. The second-order valence-corrected chi connectivity index (χ2v) is 4.72. The van der Waals surface area contributed by atoms with Crippen molar-refractivity contribution in [2.45, 2.75) is 31.4 Å². The molecule has 1 aromatic heterocycles. The van der Waals surface area contributed by atoms with Gasteiger partial charge in [-0.1, -0.05) is 0 Å². The first-order valence-electron chi connectivity index (χ1n) is 4.99. The minimum atomic E-state index is -4.50. The van der Waals surface area contributed by atoms with E-state index in [-0.39, 0.29) is 28.5 Å². The van der Waals surface area contributed by atoms with E-state index in [2.05, 4.69) is 25.9 Å². The molecule has 0 aromatic carbocycles. The van der Waals surface area contributed by atoms with Gasteiger partial charge in [0.2, 0.25) is 0 Å². The Balaban J connectivity index is 2.35. The maximum absolute atomic E-state index is 12.5. The van der Waals surface area contributed by atoms with Crippen molar-refractivity contribution in [3.05, 3.63) is 22.2 Å². The number of Topliss-reactive ketones (excluding diaryl/α,β-unsaturated/α-hetero) is 1. The van der Waals surface area contributed by atoms with Gasteiger partial charge < -0.3 is 0 Å². The van der Waals surface area contributed by atoms with Gasteiger partial charge in [-0.25, -0.2) is 9.97 Å². The van der Waals surface area contributed by atoms with Gasteiger partial charge in [-0.15, -0.1) is 0 Å². The monoisotopic (exact) mass is 308 g/mol. The highest BCUT2D eigenvalue weighted by molar-refractivity contribution is 9.10. The summed E-state index contributed by atoms with van der Waals surface area (Å²) < 4.78 is 37.7. The van der Waals surface area contributed by atoms with Crippen LogP contribution in [-0.4, -0.2) is 15.8 Å². The standard InChI is InChI=1S/C10H8BrF3N2O/c11-8-4-7(10(12,13)14)15-9(16-8)5-1-2-6(17)3-5/h4-5H,1-3H2/t5-/m0/s1. The third-order valence-corrected chi connectivity index (χ3v) is 3.02. The summed E-state index contributed by atoms with van der Waals surface area (Å²) in [6.45, 7) is 0. The molecule has 1 fully saturated rings. The first-order chi connectivity index (χ1) is 7.86. The lowest BCUT2D eigenvalue weighted by Gasteiger charge is -2.11. The zero-order valence-corrected chi connectivity index (χ0v) is 10.2. The van der Waals surface area contributed by atoms with Gasteiger partial charge in [0.15, 0.2) is 0 Å². The highest BCUT2D eigenvalue weighted by atomic mass is 79.9. The number of carbonyl (C=O) groups is 1. The second kappa shape index (κ2) is 4.36. The van der Waals surface area contributed by atoms with E-state index >= 15 is 0 Å². The lowest BCUT2D eigenvalue weighted by molar-refractivity contribution is -0.141. The molecule has 1 aliphatic carbocycles. The van der Waals surface area contributed by atoms with E-state index in [0.29, 0.717) is 12.8 Å². The van der Waals surface area contributed by atoms with Gasteiger partial charge in [0.05, 0.1) is 0 Å². The quantitative estimate of drug-likeness (QED) is 0.749. The molecule has 0 amide bonds. The molecule has 2 rings (SSSR count). The number of halogens is 4. The molecule has 0 N–H and O–H groups in total. The van der Waals surface area contributed by atoms with Crippen LogP contribution in [0.2, 0.25) is 0 Å². The van der Waals surface area contributed by atoms with Crippen molar-refractivity contribution < 1.29 is 18.0 Å². The molecule has 0 spiro atoms. The third-order valence-electron chi connectivity index (χ3n) is 2.61. The molecular formula is C10H8BrF3N2O. The smallest absolute Gasteiger partial charge is 0.300 e. The zero-order valence-electron chi connectivity index (χ0n) is 8.59. The number of ketones is 1. The maximum atomic E-state index is 12.5. The lowest BCUT2D eigenvalue weighted by atomic mass is 10.1. The molecule has 0 radical (unpaired) electrons. The van der Waals surface area contributed by atoms with Crippen LogP contribution in [-0.2, 0) is 11.0 Å². The molecule has 3 nitrogen and oxygen atoms in total. The molecule has 1 atom stereocenters. The van der Waals surface area contributed by atoms with E-state index in [4.69, 9.17) is 0 Å². The average Bonchev–Trinajstić information content (AvgIpc) is 2.62. The van der Waals surface area contributed by atoms with Crippen LogP contribution in [0.3, 0.4) is 0 Å². The summed E-state index contributed by atoms with van der Waals surface area (Å²) in [5.74, 6) is -0.147. The van der Waals surface area contributed by atoms with Crippen molar-refractivity contribution in [1.29, 1.82) is 0 Å². The van der Waals surface area contributed by atoms with Crippen LogP contribution in [0, 0.1) is 0 Å². The Hall–Kier alpha value is -0.980. The predicted molar refractivity (Wildman–Crippen MR) is 56.3 cm³/mol. The molecule has 1 heterocycles. The van der Waals surface area contributed by atoms with E-state index in [1.54, 1.807) is 0 Å². The number of hydrogen-bond acceptors (Lipinski definition) is 3. The third kappa shape index (κ3) is 2.83. The van der Waals surface area contributed by atoms with Gasteiger partial charge in [-0.2, -0.15) is 13.2 Å². The lowest BCUT2D eigenvalue weighted by Crippen LogP contribution is -2.12. The summed E-state index contributed by atoms with van der Waals surface area (Å²) in [7, 11) is 0. The number of hydrogen-bond donors (Lipinski definition) is 0. The summed E-state index contributed by atoms with van der Waals surface area (Å²) in [4.78, 5) is 18.5. The van der Waals surface area contributed by atoms with Gasteiger partial charge in [-0.3, -0.25) is 4.79 Å². The fourth-order valence-electron chi connectivity index (χ4n) is 1.80. The van der Waals surface area contributed by atoms with Gasteiger partial charge >= 0.3 is 6.18 Å². The summed E-state index contributed by atoms with van der Waals surface area (Å²) >= 11 is 2.93. The highest BCUT2D eigenvalue weighted by Crippen LogP contribution is 2.34. The Labute approximate surface area is 104 Å². The van der Waals surface area contributed by atoms with Crippen molar-refractivity contribution in [3.63, 3.8) is 0 Å². The number of carbonyl (C=O) groups excluding carboxylic acids is 1. The van der Waals surface area contributed by atoms with Gasteiger partial charge in [0.1, 0.15) is 21.9 Å². The van der Waals surface area contributed by atoms with E-state index in [0.717, 1.165) is 6.07 Å². The highest BCUT2D eigenvalue weighted by Gasteiger charge is 2.35. The topological polar surface area (TPSA) is 42.9 Å². The predicted octanol–water partition coefficient (Wildman–Crippen LogP) is 3.09. The van der Waals surface area contributed by atoms with Crippen LogP contribution in [0.15, 0.2) is 10.7 Å². The molecule has 1 aliphatic rings. The van der Waals surface area contributed by atoms with Crippen molar-refractivity contribution in [2.24, 2.45) is 0 Å². The molecule has 0 unspecified atom stereocenters. The van der Waals surface area contributed by atoms with Crippen LogP contribution >= 0.6 is 15.9 Å². The van der Waals surface area contributed by atoms with Gasteiger partial charge in [0.25, 0.3) is 0 Å². The van der Waals surface area contributed by atoms with E-state index in [9.17, 15) is 18.0 Å². The fraction of sp³-hybridized carbons (Fsp3) is 0.500. The van der Waals surface area contributed by atoms with Crippen LogP contribution in [0.5, 0.6) is 0 Å². The molecule has 7 heteroatoms. The maximum Gasteiger partial charge on any atom is 0.433 e. The zero-order chi connectivity index (χ0) is 12.6. The van der Waals surface area contributed by atoms with Gasteiger partial charge in [0, 0.05) is 24.8 Å². The van der Waals surface area contributed by atoms with Gasteiger partial charge in [-0.05, 0) is 22.4 Å².